The summed E-state index contributed by atoms with van der Waals surface area (Å²) in [4.78, 5) is 9.07. The third kappa shape index (κ3) is 7.68. The van der Waals surface area contributed by atoms with Gasteiger partial charge in [-0.15, -0.1) is 53.6 Å². The fourth-order valence-electron chi connectivity index (χ4n) is 5.33. The van der Waals surface area contributed by atoms with Crippen molar-refractivity contribution in [3.05, 3.63) is 139 Å². The molecular weight excluding hydrogens is 776 g/mol. The zero-order chi connectivity index (χ0) is 32.5. The summed E-state index contributed by atoms with van der Waals surface area (Å²) in [7, 11) is -1.23. The summed E-state index contributed by atoms with van der Waals surface area (Å²) in [5.41, 5.74) is 8.56. The number of hydrogen-bond acceptors (Lipinski definition) is 3. The molecule has 239 valence electrons. The number of rotatable bonds is 4. The normalized spacial score (nSPS) is 11.6. The van der Waals surface area contributed by atoms with Gasteiger partial charge in [-0.1, -0.05) is 100 Å². The van der Waals surface area contributed by atoms with E-state index in [-0.39, 0.29) is 31.3 Å². The van der Waals surface area contributed by atoms with Gasteiger partial charge >= 0.3 is 0 Å². The Morgan fingerprint density at radius 3 is 2.19 bits per heavy atom. The van der Waals surface area contributed by atoms with Crippen molar-refractivity contribution >= 4 is 35.2 Å². The van der Waals surface area contributed by atoms with Gasteiger partial charge in [-0.05, 0) is 56.7 Å². The summed E-state index contributed by atoms with van der Waals surface area (Å²) in [5.74, 6) is -0.250. The van der Waals surface area contributed by atoms with E-state index in [1.807, 2.05) is 67.0 Å². The van der Waals surface area contributed by atoms with Gasteiger partial charge in [0.25, 0.3) is 0 Å². The second-order valence-corrected chi connectivity index (χ2v) is 18.6. The van der Waals surface area contributed by atoms with E-state index in [4.69, 9.17) is 4.42 Å². The van der Waals surface area contributed by atoms with Gasteiger partial charge in [0.15, 0.2) is 0 Å². The second kappa shape index (κ2) is 13.9. The molecule has 4 aromatic carbocycles. The minimum atomic E-state index is -1.23. The van der Waals surface area contributed by atoms with E-state index < -0.39 is 8.07 Å². The van der Waals surface area contributed by atoms with Crippen molar-refractivity contribution in [2.45, 2.75) is 45.8 Å². The summed E-state index contributed by atoms with van der Waals surface area (Å²) in [6.07, 6.45) is 3.86. The third-order valence-corrected chi connectivity index (χ3v) is 10.1. The second-order valence-electron chi connectivity index (χ2n) is 13.6. The number of nitrogens with zero attached hydrogens (tertiary/aromatic N) is 2. The molecule has 3 heterocycles. The van der Waals surface area contributed by atoms with Crippen LogP contribution in [0.25, 0.3) is 55.6 Å². The summed E-state index contributed by atoms with van der Waals surface area (Å²) in [6.45, 7) is 13.6. The number of pyridine rings is 2. The van der Waals surface area contributed by atoms with E-state index in [1.54, 1.807) is 12.1 Å². The van der Waals surface area contributed by atoms with Gasteiger partial charge in [-0.3, -0.25) is 0 Å². The summed E-state index contributed by atoms with van der Waals surface area (Å²) < 4.78 is 19.6. The van der Waals surface area contributed by atoms with E-state index in [9.17, 15) is 4.39 Å². The van der Waals surface area contributed by atoms with Gasteiger partial charge in [0.05, 0.1) is 13.7 Å². The number of aromatic nitrogens is 2. The number of fused-ring (bicyclic) bond motifs is 3. The van der Waals surface area contributed by atoms with Crippen LogP contribution in [-0.2, 0) is 25.5 Å². The molecule has 0 saturated carbocycles. The van der Waals surface area contributed by atoms with Crippen LogP contribution in [-0.4, -0.2) is 18.0 Å². The number of para-hydroxylation sites is 1. The first-order valence-corrected chi connectivity index (χ1v) is 19.0. The molecule has 0 spiro atoms. The summed E-state index contributed by atoms with van der Waals surface area (Å²) >= 11 is 0. The molecule has 0 aliphatic heterocycles. The molecule has 7 aromatic rings. The Labute approximate surface area is 291 Å². The van der Waals surface area contributed by atoms with Crippen LogP contribution in [0.3, 0.4) is 0 Å². The van der Waals surface area contributed by atoms with Crippen LogP contribution in [0.15, 0.2) is 120 Å². The molecular formula is C41H37FIrN2OSi-2. The van der Waals surface area contributed by atoms with Crippen LogP contribution < -0.4 is 5.19 Å². The van der Waals surface area contributed by atoms with Crippen LogP contribution in [0, 0.1) is 17.9 Å². The molecule has 7 rings (SSSR count). The molecule has 0 aliphatic carbocycles. The molecule has 0 atom stereocenters. The van der Waals surface area contributed by atoms with E-state index in [2.05, 4.69) is 86.8 Å². The van der Waals surface area contributed by atoms with Crippen molar-refractivity contribution in [2.24, 2.45) is 0 Å². The van der Waals surface area contributed by atoms with Crippen LogP contribution in [0.2, 0.25) is 19.6 Å². The Hall–Kier alpha value is -4.22. The Balaban J connectivity index is 0.000000217. The van der Waals surface area contributed by atoms with Crippen molar-refractivity contribution in [3.8, 4) is 33.6 Å². The Bertz CT molecular complexity index is 2110. The maximum atomic E-state index is 13.4. The molecule has 3 nitrogen and oxygen atoms in total. The van der Waals surface area contributed by atoms with Gasteiger partial charge in [-0.2, -0.15) is 0 Å². The van der Waals surface area contributed by atoms with E-state index in [1.165, 1.54) is 22.9 Å². The summed E-state index contributed by atoms with van der Waals surface area (Å²) in [6, 6.07) is 39.5. The average Bonchev–Trinajstić information content (AvgIpc) is 3.43. The van der Waals surface area contributed by atoms with E-state index >= 15 is 0 Å². The average molecular weight is 813 g/mol. The molecule has 0 fully saturated rings. The van der Waals surface area contributed by atoms with Gasteiger partial charge in [0.2, 0.25) is 0 Å². The van der Waals surface area contributed by atoms with Crippen molar-refractivity contribution in [3.63, 3.8) is 0 Å². The largest absolute Gasteiger partial charge is 0.476 e. The van der Waals surface area contributed by atoms with Crippen LogP contribution >= 0.6 is 0 Å². The minimum Gasteiger partial charge on any atom is -0.476 e. The Morgan fingerprint density at radius 2 is 1.53 bits per heavy atom. The topological polar surface area (TPSA) is 38.9 Å². The van der Waals surface area contributed by atoms with E-state index in [0.717, 1.165) is 55.6 Å². The maximum Gasteiger partial charge on any atom is 0.131 e. The monoisotopic (exact) mass is 813 g/mol. The zero-order valence-corrected chi connectivity index (χ0v) is 30.9. The standard InChI is InChI=1S/C27H21FNO.C14H16NSi.Ir/c1-27(2,3)19-13-14-29-24(16-19)18-9-12-22-23-6-4-5-21(26(23)30-25(22)15-18)17-7-10-20(28)11-8-17;1-16(2,3)13-9-10-14(15-11-13)12-7-5-4-6-8-12;/h4-8,10-16H,1-3H3;4-7,9-11H,1-3H3;/q2*-1;. The van der Waals surface area contributed by atoms with Gasteiger partial charge in [-0.25, -0.2) is 4.39 Å². The zero-order valence-electron chi connectivity index (χ0n) is 27.5. The molecule has 0 bridgehead atoms. The SMILES string of the molecule is CC(C)(C)c1ccnc(-c2[c-]cc3c(c2)oc2c(-c4ccc(F)cc4)cccc23)c1.C[Si](C)(C)c1ccc(-c2[c-]cccc2)nc1.[Ir]. The molecule has 0 saturated heterocycles. The number of benzene rings is 4. The van der Waals surface area contributed by atoms with Crippen molar-refractivity contribution < 1.29 is 28.9 Å². The third-order valence-electron chi connectivity index (χ3n) is 8.10. The number of halogens is 1. The first kappa shape index (κ1) is 34.1. The van der Waals surface area contributed by atoms with Gasteiger partial charge < -0.3 is 14.4 Å². The minimum absolute atomic E-state index is 0. The Kier molecular flexibility index (Phi) is 10.1. The fraction of sp³-hybridized carbons (Fsp3) is 0.171. The quantitative estimate of drug-likeness (QED) is 0.131. The predicted octanol–water partition coefficient (Wildman–Crippen LogP) is 10.6. The van der Waals surface area contributed by atoms with Gasteiger partial charge in [0.1, 0.15) is 11.4 Å². The van der Waals surface area contributed by atoms with E-state index in [0.29, 0.717) is 0 Å². The van der Waals surface area contributed by atoms with Crippen LogP contribution in [0.1, 0.15) is 26.3 Å². The van der Waals surface area contributed by atoms with Crippen molar-refractivity contribution in [1.29, 1.82) is 0 Å². The number of furan rings is 1. The molecule has 3 aromatic heterocycles. The smallest absolute Gasteiger partial charge is 0.131 e. The number of hydrogen-bond donors (Lipinski definition) is 0. The summed E-state index contributed by atoms with van der Waals surface area (Å²) in [5, 5.41) is 3.42. The van der Waals surface area contributed by atoms with Crippen molar-refractivity contribution in [1.82, 2.24) is 9.97 Å². The van der Waals surface area contributed by atoms with Crippen LogP contribution in [0.5, 0.6) is 0 Å². The maximum absolute atomic E-state index is 13.4. The molecule has 1 radical (unpaired) electrons. The first-order valence-electron chi connectivity index (χ1n) is 15.5. The van der Waals surface area contributed by atoms with Gasteiger partial charge in [0, 0.05) is 38.1 Å². The predicted molar refractivity (Wildman–Crippen MR) is 191 cm³/mol. The molecule has 47 heavy (non-hydrogen) atoms. The molecule has 0 aliphatic rings. The molecule has 0 unspecified atom stereocenters. The van der Waals surface area contributed by atoms with Crippen molar-refractivity contribution in [2.75, 3.05) is 0 Å². The molecule has 6 heteroatoms. The molecule has 0 N–H and O–H groups in total. The Morgan fingerprint density at radius 1 is 0.745 bits per heavy atom. The fourth-order valence-corrected chi connectivity index (χ4v) is 6.37. The molecule has 0 amide bonds. The first-order chi connectivity index (χ1) is 22.0. The van der Waals surface area contributed by atoms with Crippen LogP contribution in [0.4, 0.5) is 4.39 Å².